The maximum absolute atomic E-state index is 13.5. The fraction of sp³-hybridized carbons (Fsp3) is 0.208. The number of carbonyl (C=O) groups excluding carboxylic acids is 1. The number of hydrogen-bond acceptors (Lipinski definition) is 5. The van der Waals surface area contributed by atoms with Gasteiger partial charge in [-0.1, -0.05) is 35.0 Å². The number of aromatic nitrogens is 2. The van der Waals surface area contributed by atoms with E-state index >= 15 is 0 Å². The lowest BCUT2D eigenvalue weighted by Crippen LogP contribution is -2.31. The van der Waals surface area contributed by atoms with Gasteiger partial charge in [0.2, 0.25) is 5.91 Å². The lowest BCUT2D eigenvalue weighted by atomic mass is 10.0. The Morgan fingerprint density at radius 2 is 1.88 bits per heavy atom. The summed E-state index contributed by atoms with van der Waals surface area (Å²) in [5.74, 6) is 0.404. The number of amides is 1. The average molecular weight is 512 g/mol. The van der Waals surface area contributed by atoms with E-state index in [0.717, 1.165) is 26.9 Å². The average Bonchev–Trinajstić information content (AvgIpc) is 3.19. The summed E-state index contributed by atoms with van der Waals surface area (Å²) in [6.45, 7) is 3.76. The van der Waals surface area contributed by atoms with Crippen LogP contribution in [0.2, 0.25) is 0 Å². The third-order valence-electron chi connectivity index (χ3n) is 5.32. The molecular formula is C24H22BrN3O3S. The van der Waals surface area contributed by atoms with Gasteiger partial charge in [-0.15, -0.1) is 11.3 Å². The van der Waals surface area contributed by atoms with Crippen molar-refractivity contribution in [2.75, 3.05) is 12.4 Å². The van der Waals surface area contributed by atoms with Crippen molar-refractivity contribution >= 4 is 49.1 Å². The third kappa shape index (κ3) is 4.20. The Kier molecular flexibility index (Phi) is 6.43. The van der Waals surface area contributed by atoms with E-state index in [9.17, 15) is 9.59 Å². The molecule has 1 unspecified atom stereocenters. The van der Waals surface area contributed by atoms with E-state index < -0.39 is 6.04 Å². The molecule has 0 radical (unpaired) electrons. The van der Waals surface area contributed by atoms with Crippen LogP contribution in [0.4, 0.5) is 5.69 Å². The quantitative estimate of drug-likeness (QED) is 0.362. The number of halogens is 1. The third-order valence-corrected chi connectivity index (χ3v) is 7.09. The molecule has 2 aromatic heterocycles. The van der Waals surface area contributed by atoms with Crippen molar-refractivity contribution in [2.45, 2.75) is 26.3 Å². The van der Waals surface area contributed by atoms with Gasteiger partial charge in [-0.25, -0.2) is 4.98 Å². The molecule has 0 aliphatic carbocycles. The number of rotatable bonds is 6. The summed E-state index contributed by atoms with van der Waals surface area (Å²) in [6.07, 6.45) is 2.25. The minimum absolute atomic E-state index is 0.221. The molecule has 1 N–H and O–H groups in total. The van der Waals surface area contributed by atoms with E-state index in [1.54, 1.807) is 38.3 Å². The van der Waals surface area contributed by atoms with Crippen LogP contribution in [0, 0.1) is 0 Å². The van der Waals surface area contributed by atoms with E-state index in [1.807, 2.05) is 24.3 Å². The SMILES string of the molecule is CCc1sc2ncn(C(C)C(=O)Nc3ccc(OC)cc3)c(=O)c2c1-c1ccc(Br)cc1. The second kappa shape index (κ2) is 9.26. The molecule has 0 fully saturated rings. The van der Waals surface area contributed by atoms with Gasteiger partial charge in [-0.3, -0.25) is 14.2 Å². The molecule has 1 amide bonds. The lowest BCUT2D eigenvalue weighted by Gasteiger charge is -2.15. The Bertz CT molecular complexity index is 1330. The zero-order valence-electron chi connectivity index (χ0n) is 17.9. The van der Waals surface area contributed by atoms with Crippen molar-refractivity contribution in [3.05, 3.63) is 74.6 Å². The summed E-state index contributed by atoms with van der Waals surface area (Å²) in [7, 11) is 1.59. The molecule has 0 aliphatic rings. The summed E-state index contributed by atoms with van der Waals surface area (Å²) in [5.41, 5.74) is 2.27. The van der Waals surface area contributed by atoms with Crippen LogP contribution in [0.3, 0.4) is 0 Å². The maximum Gasteiger partial charge on any atom is 0.263 e. The molecule has 164 valence electrons. The molecule has 2 heterocycles. The van der Waals surface area contributed by atoms with Crippen LogP contribution in [0.15, 0.2) is 64.1 Å². The second-order valence-electron chi connectivity index (χ2n) is 7.29. The highest BCUT2D eigenvalue weighted by atomic mass is 79.9. The van der Waals surface area contributed by atoms with Gasteiger partial charge in [0.15, 0.2) is 0 Å². The number of thiophene rings is 1. The molecular weight excluding hydrogens is 490 g/mol. The number of nitrogens with zero attached hydrogens (tertiary/aromatic N) is 2. The molecule has 0 aliphatic heterocycles. The summed E-state index contributed by atoms with van der Waals surface area (Å²) < 4.78 is 7.51. The first-order chi connectivity index (χ1) is 15.4. The van der Waals surface area contributed by atoms with E-state index in [-0.39, 0.29) is 11.5 Å². The van der Waals surface area contributed by atoms with Crippen LogP contribution in [0.1, 0.15) is 24.8 Å². The fourth-order valence-electron chi connectivity index (χ4n) is 3.54. The van der Waals surface area contributed by atoms with Gasteiger partial charge < -0.3 is 10.1 Å². The van der Waals surface area contributed by atoms with Gasteiger partial charge >= 0.3 is 0 Å². The fourth-order valence-corrected chi connectivity index (χ4v) is 4.90. The molecule has 32 heavy (non-hydrogen) atoms. The van der Waals surface area contributed by atoms with Crippen LogP contribution in [0.5, 0.6) is 5.75 Å². The first kappa shape index (κ1) is 22.2. The number of carbonyl (C=O) groups is 1. The van der Waals surface area contributed by atoms with E-state index in [2.05, 4.69) is 33.2 Å². The predicted molar refractivity (Wildman–Crippen MR) is 133 cm³/mol. The van der Waals surface area contributed by atoms with Crippen molar-refractivity contribution in [1.29, 1.82) is 0 Å². The molecule has 0 bridgehead atoms. The van der Waals surface area contributed by atoms with Crippen LogP contribution >= 0.6 is 27.3 Å². The number of aryl methyl sites for hydroxylation is 1. The number of nitrogens with one attached hydrogen (secondary N) is 1. The van der Waals surface area contributed by atoms with Crippen LogP contribution < -0.4 is 15.6 Å². The normalized spacial score (nSPS) is 12.0. The predicted octanol–water partition coefficient (Wildman–Crippen LogP) is 5.66. The minimum atomic E-state index is -0.732. The topological polar surface area (TPSA) is 73.2 Å². The number of methoxy groups -OCH3 is 1. The molecule has 4 rings (SSSR count). The van der Waals surface area contributed by atoms with E-state index in [0.29, 0.717) is 21.7 Å². The molecule has 2 aromatic carbocycles. The molecule has 0 saturated carbocycles. The Balaban J connectivity index is 1.73. The highest BCUT2D eigenvalue weighted by Gasteiger charge is 2.22. The Morgan fingerprint density at radius 3 is 2.50 bits per heavy atom. The molecule has 6 nitrogen and oxygen atoms in total. The zero-order valence-corrected chi connectivity index (χ0v) is 20.3. The van der Waals surface area contributed by atoms with Crippen molar-refractivity contribution in [2.24, 2.45) is 0 Å². The minimum Gasteiger partial charge on any atom is -0.497 e. The van der Waals surface area contributed by atoms with Crippen molar-refractivity contribution < 1.29 is 9.53 Å². The van der Waals surface area contributed by atoms with Gasteiger partial charge in [0.1, 0.15) is 16.6 Å². The molecule has 4 aromatic rings. The zero-order chi connectivity index (χ0) is 22.8. The number of ether oxygens (including phenoxy) is 1. The number of hydrogen-bond donors (Lipinski definition) is 1. The van der Waals surface area contributed by atoms with E-state index in [4.69, 9.17) is 4.74 Å². The number of anilines is 1. The van der Waals surface area contributed by atoms with Crippen molar-refractivity contribution in [3.8, 4) is 16.9 Å². The smallest absolute Gasteiger partial charge is 0.263 e. The van der Waals surface area contributed by atoms with E-state index in [1.165, 1.54) is 22.2 Å². The summed E-state index contributed by atoms with van der Waals surface area (Å²) >= 11 is 4.99. The Morgan fingerprint density at radius 1 is 1.19 bits per heavy atom. The van der Waals surface area contributed by atoms with Gasteiger partial charge in [0.05, 0.1) is 18.8 Å². The molecule has 0 spiro atoms. The number of benzene rings is 2. The standard InChI is InChI=1S/C24H22BrN3O3S/c1-4-19-20(15-5-7-16(25)8-6-15)21-23(32-19)26-13-28(24(21)30)14(2)22(29)27-17-9-11-18(31-3)12-10-17/h5-14H,4H2,1-3H3,(H,27,29). The largest absolute Gasteiger partial charge is 0.497 e. The monoisotopic (exact) mass is 511 g/mol. The second-order valence-corrected chi connectivity index (χ2v) is 9.29. The lowest BCUT2D eigenvalue weighted by molar-refractivity contribution is -0.118. The Hall–Kier alpha value is -2.97. The van der Waals surface area contributed by atoms with Gasteiger partial charge in [-0.2, -0.15) is 0 Å². The first-order valence-electron chi connectivity index (χ1n) is 10.2. The summed E-state index contributed by atoms with van der Waals surface area (Å²) in [6, 6.07) is 14.2. The highest BCUT2D eigenvalue weighted by Crippen LogP contribution is 2.37. The molecule has 0 saturated heterocycles. The van der Waals surface area contributed by atoms with Crippen molar-refractivity contribution in [1.82, 2.24) is 9.55 Å². The van der Waals surface area contributed by atoms with Crippen molar-refractivity contribution in [3.63, 3.8) is 0 Å². The Labute approximate surface area is 198 Å². The van der Waals surface area contributed by atoms with Gasteiger partial charge in [-0.05, 0) is 55.3 Å². The van der Waals surface area contributed by atoms with Crippen LogP contribution in [-0.2, 0) is 11.2 Å². The summed E-state index contributed by atoms with van der Waals surface area (Å²) in [5, 5.41) is 3.41. The van der Waals surface area contributed by atoms with Crippen LogP contribution in [-0.4, -0.2) is 22.6 Å². The van der Waals surface area contributed by atoms with Crippen LogP contribution in [0.25, 0.3) is 21.3 Å². The first-order valence-corrected chi connectivity index (χ1v) is 11.8. The highest BCUT2D eigenvalue weighted by molar-refractivity contribution is 9.10. The maximum atomic E-state index is 13.5. The van der Waals surface area contributed by atoms with Gasteiger partial charge in [0, 0.05) is 20.6 Å². The molecule has 1 atom stereocenters. The summed E-state index contributed by atoms with van der Waals surface area (Å²) in [4.78, 5) is 32.7. The number of fused-ring (bicyclic) bond motifs is 1. The van der Waals surface area contributed by atoms with Gasteiger partial charge in [0.25, 0.3) is 5.56 Å². The molecule has 8 heteroatoms.